The van der Waals surface area contributed by atoms with Gasteiger partial charge in [0.25, 0.3) is 0 Å². The Morgan fingerprint density at radius 2 is 1.79 bits per heavy atom. The number of hydrogen-bond donors (Lipinski definition) is 2. The van der Waals surface area contributed by atoms with Gasteiger partial charge in [-0.25, -0.2) is 8.42 Å². The molecule has 0 saturated heterocycles. The minimum atomic E-state index is -3.93. The van der Waals surface area contributed by atoms with Gasteiger partial charge >= 0.3 is 5.97 Å². The van der Waals surface area contributed by atoms with Crippen LogP contribution in [0.5, 0.6) is 0 Å². The lowest BCUT2D eigenvalue weighted by molar-refractivity contribution is -0.141. The van der Waals surface area contributed by atoms with E-state index in [4.69, 9.17) is 5.11 Å². The summed E-state index contributed by atoms with van der Waals surface area (Å²) in [6.07, 6.45) is 1.67. The molecule has 1 aromatic carbocycles. The molecule has 1 aliphatic rings. The van der Waals surface area contributed by atoms with Crippen molar-refractivity contribution >= 4 is 21.7 Å². The number of carboxylic acids is 1. The lowest BCUT2D eigenvalue weighted by atomic mass is 10.1. The van der Waals surface area contributed by atoms with Crippen LogP contribution in [-0.2, 0) is 19.4 Å². The standard InChI is InChI=1S/C17H23NO5S/c1-11-6-7-12(2)14(10-11)24(22,23)17(8-4-5-9-17)16(21)18-13(3)15(19)20/h6-7,10,13H,4-5,8-9H2,1-3H3,(H,18,21)(H,19,20)/t13-/m1/s1. The van der Waals surface area contributed by atoms with Gasteiger partial charge in [0.1, 0.15) is 6.04 Å². The molecule has 7 heteroatoms. The van der Waals surface area contributed by atoms with E-state index in [1.54, 1.807) is 26.0 Å². The number of benzene rings is 1. The second kappa shape index (κ2) is 6.55. The summed E-state index contributed by atoms with van der Waals surface area (Å²) >= 11 is 0. The molecule has 0 bridgehead atoms. The number of aliphatic carboxylic acids is 1. The van der Waals surface area contributed by atoms with Crippen LogP contribution < -0.4 is 5.32 Å². The van der Waals surface area contributed by atoms with Gasteiger partial charge in [-0.2, -0.15) is 0 Å². The Kier molecular flexibility index (Phi) is 5.03. The molecule has 1 fully saturated rings. The van der Waals surface area contributed by atoms with Crippen molar-refractivity contribution in [2.75, 3.05) is 0 Å². The predicted molar refractivity (Wildman–Crippen MR) is 89.5 cm³/mol. The molecule has 1 aromatic rings. The zero-order valence-electron chi connectivity index (χ0n) is 14.1. The third kappa shape index (κ3) is 3.05. The van der Waals surface area contributed by atoms with Crippen LogP contribution in [0.3, 0.4) is 0 Å². The maximum Gasteiger partial charge on any atom is 0.325 e. The first kappa shape index (κ1) is 18.4. The monoisotopic (exact) mass is 353 g/mol. The Morgan fingerprint density at radius 1 is 1.21 bits per heavy atom. The molecule has 6 nitrogen and oxygen atoms in total. The summed E-state index contributed by atoms with van der Waals surface area (Å²) < 4.78 is 25.0. The number of aryl methyl sites for hydroxylation is 2. The molecule has 0 spiro atoms. The highest BCUT2D eigenvalue weighted by Gasteiger charge is 2.53. The molecule has 2 N–H and O–H groups in total. The number of amides is 1. The highest BCUT2D eigenvalue weighted by Crippen LogP contribution is 2.41. The van der Waals surface area contributed by atoms with Crippen molar-refractivity contribution in [3.8, 4) is 0 Å². The molecular weight excluding hydrogens is 330 g/mol. The quantitative estimate of drug-likeness (QED) is 0.843. The Hall–Kier alpha value is -1.89. The van der Waals surface area contributed by atoms with E-state index in [9.17, 15) is 18.0 Å². The fourth-order valence-electron chi connectivity index (χ4n) is 3.16. The highest BCUT2D eigenvalue weighted by molar-refractivity contribution is 7.93. The predicted octanol–water partition coefficient (Wildman–Crippen LogP) is 1.98. The molecule has 1 amide bonds. The van der Waals surface area contributed by atoms with Crippen LogP contribution in [0.25, 0.3) is 0 Å². The van der Waals surface area contributed by atoms with Gasteiger partial charge in [0.05, 0.1) is 4.90 Å². The van der Waals surface area contributed by atoms with E-state index < -0.39 is 32.5 Å². The second-order valence-electron chi connectivity index (χ2n) is 6.51. The SMILES string of the molecule is Cc1ccc(C)c(S(=O)(=O)C2(C(=O)N[C@H](C)C(=O)O)CCCC2)c1. The zero-order valence-corrected chi connectivity index (χ0v) is 14.9. The van der Waals surface area contributed by atoms with Crippen LogP contribution in [0.1, 0.15) is 43.7 Å². The Bertz CT molecular complexity index is 763. The summed E-state index contributed by atoms with van der Waals surface area (Å²) in [5.74, 6) is -1.91. The molecule has 1 atom stereocenters. The normalized spacial score (nSPS) is 18.1. The first-order valence-electron chi connectivity index (χ1n) is 7.97. The maximum atomic E-state index is 13.3. The van der Waals surface area contributed by atoms with Crippen LogP contribution in [0, 0.1) is 13.8 Å². The molecular formula is C17H23NO5S. The minimum Gasteiger partial charge on any atom is -0.480 e. The number of sulfone groups is 1. The Labute approximate surface area is 142 Å². The van der Waals surface area contributed by atoms with Crippen molar-refractivity contribution in [2.45, 2.75) is 62.1 Å². The first-order valence-corrected chi connectivity index (χ1v) is 9.46. The molecule has 0 heterocycles. The van der Waals surface area contributed by atoms with E-state index >= 15 is 0 Å². The molecule has 0 aliphatic heterocycles. The summed E-state index contributed by atoms with van der Waals surface area (Å²) in [6.45, 7) is 4.83. The van der Waals surface area contributed by atoms with Gasteiger partial charge in [-0.05, 0) is 50.8 Å². The second-order valence-corrected chi connectivity index (χ2v) is 8.74. The molecule has 1 aliphatic carbocycles. The number of hydrogen-bond acceptors (Lipinski definition) is 4. The average molecular weight is 353 g/mol. The van der Waals surface area contributed by atoms with E-state index in [2.05, 4.69) is 5.32 Å². The number of carbonyl (C=O) groups excluding carboxylic acids is 1. The number of nitrogens with one attached hydrogen (secondary N) is 1. The van der Waals surface area contributed by atoms with Crippen LogP contribution >= 0.6 is 0 Å². The summed E-state index contributed by atoms with van der Waals surface area (Å²) in [4.78, 5) is 23.9. The average Bonchev–Trinajstić information content (AvgIpc) is 3.00. The minimum absolute atomic E-state index is 0.155. The van der Waals surface area contributed by atoms with Gasteiger partial charge in [-0.15, -0.1) is 0 Å². The molecule has 0 radical (unpaired) electrons. The van der Waals surface area contributed by atoms with Gasteiger partial charge in [0.2, 0.25) is 5.91 Å². The number of carbonyl (C=O) groups is 2. The van der Waals surface area contributed by atoms with E-state index in [1.807, 2.05) is 6.07 Å². The van der Waals surface area contributed by atoms with Crippen LogP contribution in [0.15, 0.2) is 23.1 Å². The molecule has 132 valence electrons. The van der Waals surface area contributed by atoms with E-state index in [0.717, 1.165) is 5.56 Å². The molecule has 2 rings (SSSR count). The summed E-state index contributed by atoms with van der Waals surface area (Å²) in [6, 6.07) is 3.99. The zero-order chi connectivity index (χ0) is 18.1. The largest absolute Gasteiger partial charge is 0.480 e. The highest BCUT2D eigenvalue weighted by atomic mass is 32.2. The van der Waals surface area contributed by atoms with Gasteiger partial charge < -0.3 is 10.4 Å². The van der Waals surface area contributed by atoms with E-state index in [-0.39, 0.29) is 17.7 Å². The van der Waals surface area contributed by atoms with Gasteiger partial charge in [0, 0.05) is 0 Å². The van der Waals surface area contributed by atoms with Crippen molar-refractivity contribution < 1.29 is 23.1 Å². The molecule has 0 unspecified atom stereocenters. The molecule has 1 saturated carbocycles. The van der Waals surface area contributed by atoms with Gasteiger partial charge in [-0.1, -0.05) is 25.0 Å². The summed E-state index contributed by atoms with van der Waals surface area (Å²) in [7, 11) is -3.93. The van der Waals surface area contributed by atoms with E-state index in [0.29, 0.717) is 18.4 Å². The smallest absolute Gasteiger partial charge is 0.325 e. The van der Waals surface area contributed by atoms with Crippen LogP contribution in [0.4, 0.5) is 0 Å². The van der Waals surface area contributed by atoms with Crippen molar-refractivity contribution in [1.82, 2.24) is 5.32 Å². The van der Waals surface area contributed by atoms with Crippen molar-refractivity contribution in [2.24, 2.45) is 0 Å². The third-order valence-corrected chi connectivity index (χ3v) is 7.33. The van der Waals surface area contributed by atoms with Crippen LogP contribution in [-0.4, -0.2) is 36.2 Å². The van der Waals surface area contributed by atoms with E-state index in [1.165, 1.54) is 6.92 Å². The topological polar surface area (TPSA) is 101 Å². The third-order valence-electron chi connectivity index (χ3n) is 4.69. The van der Waals surface area contributed by atoms with Crippen molar-refractivity contribution in [1.29, 1.82) is 0 Å². The molecule has 0 aromatic heterocycles. The lowest BCUT2D eigenvalue weighted by Gasteiger charge is -2.29. The van der Waals surface area contributed by atoms with Crippen molar-refractivity contribution in [3.63, 3.8) is 0 Å². The Balaban J connectivity index is 2.51. The van der Waals surface area contributed by atoms with Crippen LogP contribution in [0.2, 0.25) is 0 Å². The van der Waals surface area contributed by atoms with Gasteiger partial charge in [0.15, 0.2) is 14.6 Å². The first-order chi connectivity index (χ1) is 11.1. The molecule has 24 heavy (non-hydrogen) atoms. The van der Waals surface area contributed by atoms with Crippen molar-refractivity contribution in [3.05, 3.63) is 29.3 Å². The lowest BCUT2D eigenvalue weighted by Crippen LogP contribution is -2.54. The fraction of sp³-hybridized carbons (Fsp3) is 0.529. The number of carboxylic acid groups (broad SMARTS) is 1. The number of rotatable bonds is 5. The fourth-order valence-corrected chi connectivity index (χ4v) is 5.54. The van der Waals surface area contributed by atoms with Gasteiger partial charge in [-0.3, -0.25) is 9.59 Å². The Morgan fingerprint density at radius 3 is 2.33 bits per heavy atom. The summed E-state index contributed by atoms with van der Waals surface area (Å²) in [5, 5.41) is 11.3. The maximum absolute atomic E-state index is 13.3. The summed E-state index contributed by atoms with van der Waals surface area (Å²) in [5.41, 5.74) is 1.39.